The third kappa shape index (κ3) is 1.94. The average Bonchev–Trinajstić information content (AvgIpc) is 2.67. The maximum absolute atomic E-state index is 6.74. The molecular weight excluding hydrogens is 160 g/mol. The Morgan fingerprint density at radius 2 is 2.15 bits per heavy atom. The van der Waals surface area contributed by atoms with Crippen LogP contribution in [0.5, 0.6) is 0 Å². The van der Waals surface area contributed by atoms with E-state index in [-0.39, 0.29) is 0 Å². The first-order valence-corrected chi connectivity index (χ1v) is 4.44. The van der Waals surface area contributed by atoms with Crippen molar-refractivity contribution in [2.45, 2.75) is 20.3 Å². The largest absolute Gasteiger partial charge is 0.361 e. The molecule has 2 nitrogen and oxygen atoms in total. The van der Waals surface area contributed by atoms with Crippen LogP contribution in [0.3, 0.4) is 0 Å². The van der Waals surface area contributed by atoms with Gasteiger partial charge in [-0.1, -0.05) is 32.6 Å². The van der Waals surface area contributed by atoms with Crippen molar-refractivity contribution >= 4 is 11.9 Å². The quantitative estimate of drug-likeness (QED) is 0.549. The van der Waals surface area contributed by atoms with E-state index in [9.17, 15) is 0 Å². The summed E-state index contributed by atoms with van der Waals surface area (Å²) in [5.74, 6) is 0.482. The minimum absolute atomic E-state index is 0.482. The number of fused-ring (bicyclic) bond motifs is 1. The van der Waals surface area contributed by atoms with Crippen molar-refractivity contribution in [2.75, 3.05) is 0 Å². The lowest BCUT2D eigenvalue weighted by Gasteiger charge is -1.92. The lowest BCUT2D eigenvalue weighted by molar-refractivity contribution is 1.22. The fourth-order valence-corrected chi connectivity index (χ4v) is 1.17. The fraction of sp³-hybridized carbons (Fsp3) is 0.273. The lowest BCUT2D eigenvalue weighted by Crippen LogP contribution is -1.83. The number of rotatable bonds is 0. The normalized spacial score (nSPS) is 11.2. The van der Waals surface area contributed by atoms with Gasteiger partial charge in [0.05, 0.1) is 0 Å². The molecule has 66 valence electrons. The van der Waals surface area contributed by atoms with Crippen molar-refractivity contribution in [1.82, 2.24) is 4.98 Å². The lowest BCUT2D eigenvalue weighted by atomic mass is 10.2. The average molecular weight is 172 g/mol. The summed E-state index contributed by atoms with van der Waals surface area (Å²) in [4.78, 5) is 7.38. The molecule has 2 heteroatoms. The third-order valence-electron chi connectivity index (χ3n) is 1.73. The van der Waals surface area contributed by atoms with Gasteiger partial charge in [0.25, 0.3) is 5.82 Å². The molecule has 0 bridgehead atoms. The van der Waals surface area contributed by atoms with Crippen LogP contribution in [0.2, 0.25) is 0 Å². The molecule has 0 N–H and O–H groups in total. The number of allylic oxidation sites excluding steroid dienone is 1. The summed E-state index contributed by atoms with van der Waals surface area (Å²) in [6.07, 6.45) is 4.98. The molecule has 2 rings (SSSR count). The van der Waals surface area contributed by atoms with Crippen LogP contribution in [0.15, 0.2) is 18.2 Å². The van der Waals surface area contributed by atoms with E-state index in [1.807, 2.05) is 26.0 Å². The summed E-state index contributed by atoms with van der Waals surface area (Å²) in [7, 11) is 0. The molecule has 1 aromatic heterocycles. The fourth-order valence-electron chi connectivity index (χ4n) is 1.17. The first-order chi connectivity index (χ1) is 6.40. The summed E-state index contributed by atoms with van der Waals surface area (Å²) in [5.41, 5.74) is 2.18. The SMILES string of the molecule is CC.[C-]#[N+]c1ccc2c(n1)C=CC2. The predicted octanol–water partition coefficient (Wildman–Crippen LogP) is 3.23. The van der Waals surface area contributed by atoms with Crippen molar-refractivity contribution in [3.05, 3.63) is 40.9 Å². The second kappa shape index (κ2) is 4.42. The molecule has 0 aliphatic heterocycles. The molecule has 0 aromatic carbocycles. The zero-order valence-electron chi connectivity index (χ0n) is 7.91. The molecule has 13 heavy (non-hydrogen) atoms. The van der Waals surface area contributed by atoms with E-state index in [2.05, 4.69) is 15.9 Å². The predicted molar refractivity (Wildman–Crippen MR) is 54.6 cm³/mol. The van der Waals surface area contributed by atoms with Gasteiger partial charge in [-0.05, 0) is 18.6 Å². The molecule has 1 aromatic rings. The van der Waals surface area contributed by atoms with Gasteiger partial charge >= 0.3 is 0 Å². The monoisotopic (exact) mass is 172 g/mol. The summed E-state index contributed by atoms with van der Waals surface area (Å²) >= 11 is 0. The van der Waals surface area contributed by atoms with Crippen molar-refractivity contribution in [3.8, 4) is 0 Å². The van der Waals surface area contributed by atoms with Gasteiger partial charge in [-0.15, -0.1) is 4.98 Å². The highest BCUT2D eigenvalue weighted by atomic mass is 14.9. The first kappa shape index (κ1) is 9.47. The second-order valence-corrected chi connectivity index (χ2v) is 2.43. The van der Waals surface area contributed by atoms with Crippen molar-refractivity contribution in [1.29, 1.82) is 0 Å². The Morgan fingerprint density at radius 3 is 2.85 bits per heavy atom. The maximum atomic E-state index is 6.74. The van der Waals surface area contributed by atoms with Gasteiger partial charge in [-0.2, -0.15) is 0 Å². The Bertz CT molecular complexity index is 359. The molecule has 0 radical (unpaired) electrons. The van der Waals surface area contributed by atoms with Crippen LogP contribution in [-0.4, -0.2) is 4.98 Å². The highest BCUT2D eigenvalue weighted by molar-refractivity contribution is 5.58. The van der Waals surface area contributed by atoms with Crippen LogP contribution >= 0.6 is 0 Å². The summed E-state index contributed by atoms with van der Waals surface area (Å²) < 4.78 is 0. The number of hydrogen-bond acceptors (Lipinski definition) is 1. The topological polar surface area (TPSA) is 17.2 Å². The van der Waals surface area contributed by atoms with Gasteiger partial charge in [0.2, 0.25) is 0 Å². The molecule has 0 unspecified atom stereocenters. The number of aromatic nitrogens is 1. The molecule has 0 saturated carbocycles. The molecule has 1 heterocycles. The van der Waals surface area contributed by atoms with Crippen LogP contribution in [0, 0.1) is 6.57 Å². The minimum Gasteiger partial charge on any atom is -0.361 e. The number of hydrogen-bond donors (Lipinski definition) is 0. The van der Waals surface area contributed by atoms with E-state index in [0.717, 1.165) is 12.1 Å². The highest BCUT2D eigenvalue weighted by Gasteiger charge is 2.09. The van der Waals surface area contributed by atoms with Crippen molar-refractivity contribution in [3.63, 3.8) is 0 Å². The third-order valence-corrected chi connectivity index (χ3v) is 1.73. The maximum Gasteiger partial charge on any atom is 0.270 e. The van der Waals surface area contributed by atoms with Crippen molar-refractivity contribution in [2.24, 2.45) is 0 Å². The van der Waals surface area contributed by atoms with Gasteiger partial charge < -0.3 is 4.85 Å². The molecular formula is C11H12N2. The van der Waals surface area contributed by atoms with E-state index < -0.39 is 0 Å². The standard InChI is InChI=1S/C9H6N2.C2H6/c1-10-9-6-5-7-3-2-4-8(7)11-9;1-2/h2,4-6H,3H2;1-2H3. The molecule has 0 spiro atoms. The Kier molecular flexibility index (Phi) is 3.22. The smallest absolute Gasteiger partial charge is 0.270 e. The first-order valence-electron chi connectivity index (χ1n) is 4.44. The molecule has 0 atom stereocenters. The van der Waals surface area contributed by atoms with Crippen LogP contribution in [-0.2, 0) is 6.42 Å². The van der Waals surface area contributed by atoms with Crippen LogP contribution in [0.25, 0.3) is 10.9 Å². The number of nitrogens with zero attached hydrogens (tertiary/aromatic N) is 2. The van der Waals surface area contributed by atoms with Crippen LogP contribution in [0.1, 0.15) is 25.1 Å². The van der Waals surface area contributed by atoms with Gasteiger partial charge in [0.1, 0.15) is 0 Å². The zero-order valence-corrected chi connectivity index (χ0v) is 7.91. The number of pyridine rings is 1. The van der Waals surface area contributed by atoms with Crippen LogP contribution in [0.4, 0.5) is 5.82 Å². The summed E-state index contributed by atoms with van der Waals surface area (Å²) in [6.45, 7) is 10.7. The van der Waals surface area contributed by atoms with E-state index in [0.29, 0.717) is 5.82 Å². The Labute approximate surface area is 78.8 Å². The summed E-state index contributed by atoms with van der Waals surface area (Å²) in [6, 6.07) is 3.73. The molecule has 0 amide bonds. The van der Waals surface area contributed by atoms with E-state index in [1.165, 1.54) is 5.56 Å². The van der Waals surface area contributed by atoms with Gasteiger partial charge in [0, 0.05) is 5.56 Å². The van der Waals surface area contributed by atoms with E-state index in [1.54, 1.807) is 6.07 Å². The second-order valence-electron chi connectivity index (χ2n) is 2.43. The molecule has 0 saturated heterocycles. The zero-order chi connectivity index (χ0) is 9.68. The highest BCUT2D eigenvalue weighted by Crippen LogP contribution is 2.20. The van der Waals surface area contributed by atoms with E-state index >= 15 is 0 Å². The van der Waals surface area contributed by atoms with Gasteiger partial charge in [-0.3, -0.25) is 0 Å². The van der Waals surface area contributed by atoms with Crippen molar-refractivity contribution < 1.29 is 0 Å². The molecule has 0 fully saturated rings. The van der Waals surface area contributed by atoms with Gasteiger partial charge in [-0.25, -0.2) is 0 Å². The Morgan fingerprint density at radius 1 is 1.38 bits per heavy atom. The Balaban J connectivity index is 0.000000396. The van der Waals surface area contributed by atoms with Gasteiger partial charge in [0.15, 0.2) is 5.69 Å². The minimum atomic E-state index is 0.482. The molecule has 1 aliphatic rings. The summed E-state index contributed by atoms with van der Waals surface area (Å²) in [5, 5.41) is 0. The van der Waals surface area contributed by atoms with Crippen LogP contribution < -0.4 is 0 Å². The Hall–Kier alpha value is -1.62. The molecule has 1 aliphatic carbocycles. The van der Waals surface area contributed by atoms with E-state index in [4.69, 9.17) is 6.57 Å².